The molecule has 0 spiro atoms. The Morgan fingerprint density at radius 3 is 2.83 bits per heavy atom. The number of nitrogens with one attached hydrogen (secondary N) is 1. The quantitative estimate of drug-likeness (QED) is 0.645. The first-order valence-corrected chi connectivity index (χ1v) is 12.7. The lowest BCUT2D eigenvalue weighted by molar-refractivity contribution is -0.133. The average Bonchev–Trinajstić information content (AvgIpc) is 3.27. The Labute approximate surface area is 211 Å². The summed E-state index contributed by atoms with van der Waals surface area (Å²) in [5, 5.41) is 3.19. The number of aliphatic imine (C=N–C) groups is 1. The van der Waals surface area contributed by atoms with Crippen LogP contribution in [0.1, 0.15) is 72.2 Å². The monoisotopic (exact) mass is 490 g/mol. The van der Waals surface area contributed by atoms with E-state index in [0.717, 1.165) is 18.4 Å². The number of nitrogens with two attached hydrogens (primary N) is 1. The number of carbonyl (C=O) groups excluding carboxylic acids is 2. The molecular weight excluding hydrogens is 456 g/mol. The fraction of sp³-hybridized carbons (Fsp3) is 0.464. The zero-order chi connectivity index (χ0) is 25.4. The number of hydrogen-bond donors (Lipinski definition) is 2. The number of carbonyl (C=O) groups is 2. The van der Waals surface area contributed by atoms with Gasteiger partial charge in [0.15, 0.2) is 5.96 Å². The van der Waals surface area contributed by atoms with Crippen molar-refractivity contribution in [1.29, 1.82) is 0 Å². The molecule has 2 heterocycles. The van der Waals surface area contributed by atoms with E-state index in [9.17, 15) is 9.59 Å². The number of methoxy groups -OCH3 is 1. The van der Waals surface area contributed by atoms with E-state index in [4.69, 9.17) is 20.2 Å². The lowest BCUT2D eigenvalue weighted by Gasteiger charge is -2.43. The molecule has 2 amide bonds. The number of ether oxygens (including phenoxy) is 2. The molecule has 0 saturated heterocycles. The summed E-state index contributed by atoms with van der Waals surface area (Å²) in [5.74, 6) is 0.443. The van der Waals surface area contributed by atoms with Gasteiger partial charge in [-0.15, -0.1) is 0 Å². The maximum Gasteiger partial charge on any atom is 0.251 e. The lowest BCUT2D eigenvalue weighted by atomic mass is 9.86. The minimum absolute atomic E-state index is 0.0174. The van der Waals surface area contributed by atoms with Crippen molar-refractivity contribution < 1.29 is 19.1 Å². The van der Waals surface area contributed by atoms with Gasteiger partial charge in [-0.2, -0.15) is 0 Å². The Balaban J connectivity index is 1.48. The van der Waals surface area contributed by atoms with Crippen LogP contribution in [-0.4, -0.2) is 48.5 Å². The molecule has 2 aliphatic heterocycles. The first-order chi connectivity index (χ1) is 17.3. The highest BCUT2D eigenvalue weighted by Crippen LogP contribution is 2.42. The molecule has 2 aromatic rings. The first-order valence-electron chi connectivity index (χ1n) is 12.7. The summed E-state index contributed by atoms with van der Waals surface area (Å²) in [6.45, 7) is 4.70. The highest BCUT2D eigenvalue weighted by Gasteiger charge is 2.44. The number of amides is 2. The van der Waals surface area contributed by atoms with Crippen LogP contribution < -0.4 is 15.8 Å². The van der Waals surface area contributed by atoms with Crippen molar-refractivity contribution in [3.63, 3.8) is 0 Å². The second-order valence-corrected chi connectivity index (χ2v) is 10.2. The van der Waals surface area contributed by atoms with Crippen molar-refractivity contribution in [2.24, 2.45) is 16.6 Å². The van der Waals surface area contributed by atoms with Gasteiger partial charge in [0.1, 0.15) is 5.75 Å². The van der Waals surface area contributed by atoms with Crippen LogP contribution in [0.5, 0.6) is 5.75 Å². The van der Waals surface area contributed by atoms with Crippen molar-refractivity contribution >= 4 is 17.8 Å². The zero-order valence-electron chi connectivity index (χ0n) is 21.1. The molecule has 5 rings (SSSR count). The van der Waals surface area contributed by atoms with Crippen molar-refractivity contribution in [2.75, 3.05) is 20.3 Å². The maximum absolute atomic E-state index is 13.4. The first kappa shape index (κ1) is 24.3. The highest BCUT2D eigenvalue weighted by atomic mass is 16.5. The van der Waals surface area contributed by atoms with Gasteiger partial charge in [-0.05, 0) is 55.5 Å². The number of fused-ring (bicyclic) bond motifs is 2. The Morgan fingerprint density at radius 1 is 1.28 bits per heavy atom. The van der Waals surface area contributed by atoms with Gasteiger partial charge >= 0.3 is 0 Å². The van der Waals surface area contributed by atoms with Crippen LogP contribution in [0.4, 0.5) is 0 Å². The Kier molecular flexibility index (Phi) is 6.47. The minimum Gasteiger partial charge on any atom is -0.493 e. The zero-order valence-corrected chi connectivity index (χ0v) is 21.1. The SMILES string of the molecule is CC[C@]1(C)CC(=O)N([C@H]2c3cc(C(=O)N[C@H]4CCc5ccccc54)ccc3OC[C@@H]2COC)C(N)=N1. The fourth-order valence-electron chi connectivity index (χ4n) is 5.66. The van der Waals surface area contributed by atoms with Crippen LogP contribution in [0.15, 0.2) is 47.5 Å². The third-order valence-corrected chi connectivity index (χ3v) is 7.78. The fourth-order valence-corrected chi connectivity index (χ4v) is 5.66. The standard InChI is InChI=1S/C28H34N4O4/c1-4-28(2)14-24(33)32(27(29)31-28)25-19(15-35-3)16-36-23-12-10-18(13-21(23)25)26(34)30-22-11-9-17-7-5-6-8-20(17)22/h5-8,10,12-13,19,22,25H,4,9,11,14-16H2,1-3H3,(H2,29,31)(H,30,34)/t19-,22-,25+,28+/m0/s1. The topological polar surface area (TPSA) is 106 Å². The van der Waals surface area contributed by atoms with Crippen LogP contribution >= 0.6 is 0 Å². The predicted molar refractivity (Wildman–Crippen MR) is 137 cm³/mol. The van der Waals surface area contributed by atoms with E-state index in [1.807, 2.05) is 32.0 Å². The van der Waals surface area contributed by atoms with Crippen LogP contribution in [0.3, 0.4) is 0 Å². The van der Waals surface area contributed by atoms with Crippen molar-refractivity contribution in [2.45, 2.75) is 57.2 Å². The summed E-state index contributed by atoms with van der Waals surface area (Å²) < 4.78 is 11.5. The molecule has 8 nitrogen and oxygen atoms in total. The summed E-state index contributed by atoms with van der Waals surface area (Å²) >= 11 is 0. The largest absolute Gasteiger partial charge is 0.493 e. The van der Waals surface area contributed by atoms with Gasteiger partial charge in [0.25, 0.3) is 5.91 Å². The van der Waals surface area contributed by atoms with E-state index in [1.54, 1.807) is 24.1 Å². The van der Waals surface area contributed by atoms with E-state index in [-0.39, 0.29) is 36.2 Å². The molecule has 2 aromatic carbocycles. The molecule has 0 fully saturated rings. The number of rotatable bonds is 6. The van der Waals surface area contributed by atoms with Gasteiger partial charge in [-0.25, -0.2) is 4.99 Å². The normalized spacial score (nSPS) is 27.1. The molecule has 0 saturated carbocycles. The van der Waals surface area contributed by atoms with Gasteiger partial charge in [0.05, 0.1) is 37.3 Å². The van der Waals surface area contributed by atoms with Gasteiger partial charge in [0.2, 0.25) is 5.91 Å². The van der Waals surface area contributed by atoms with Crippen molar-refractivity contribution in [3.05, 3.63) is 64.7 Å². The summed E-state index contributed by atoms with van der Waals surface area (Å²) in [7, 11) is 1.62. The molecule has 36 heavy (non-hydrogen) atoms. The van der Waals surface area contributed by atoms with E-state index < -0.39 is 11.6 Å². The van der Waals surface area contributed by atoms with E-state index in [2.05, 4.69) is 17.4 Å². The van der Waals surface area contributed by atoms with Crippen molar-refractivity contribution in [1.82, 2.24) is 10.2 Å². The molecule has 0 aromatic heterocycles. The summed E-state index contributed by atoms with van der Waals surface area (Å²) in [4.78, 5) is 33.0. The molecule has 8 heteroatoms. The summed E-state index contributed by atoms with van der Waals surface area (Å²) in [5.41, 5.74) is 9.61. The average molecular weight is 491 g/mol. The van der Waals surface area contributed by atoms with Crippen LogP contribution in [0.2, 0.25) is 0 Å². The maximum atomic E-state index is 13.4. The molecular formula is C28H34N4O4. The molecule has 3 aliphatic rings. The van der Waals surface area contributed by atoms with Gasteiger partial charge in [-0.3, -0.25) is 14.5 Å². The van der Waals surface area contributed by atoms with E-state index >= 15 is 0 Å². The lowest BCUT2D eigenvalue weighted by Crippen LogP contribution is -2.55. The summed E-state index contributed by atoms with van der Waals surface area (Å²) in [6.07, 6.45) is 2.82. The van der Waals surface area contributed by atoms with E-state index in [0.29, 0.717) is 30.9 Å². The Bertz CT molecular complexity index is 1210. The molecule has 3 N–H and O–H groups in total. The molecule has 0 unspecified atom stereocenters. The Morgan fingerprint density at radius 2 is 2.08 bits per heavy atom. The van der Waals surface area contributed by atoms with Crippen LogP contribution in [-0.2, 0) is 16.0 Å². The van der Waals surface area contributed by atoms with Crippen LogP contribution in [0, 0.1) is 5.92 Å². The van der Waals surface area contributed by atoms with E-state index in [1.165, 1.54) is 11.1 Å². The van der Waals surface area contributed by atoms with Gasteiger partial charge in [0, 0.05) is 24.2 Å². The van der Waals surface area contributed by atoms with Gasteiger partial charge < -0.3 is 20.5 Å². The number of aryl methyl sites for hydroxylation is 1. The predicted octanol–water partition coefficient (Wildman–Crippen LogP) is 3.52. The Hall–Kier alpha value is -3.39. The van der Waals surface area contributed by atoms with Crippen LogP contribution in [0.25, 0.3) is 0 Å². The number of nitrogens with zero attached hydrogens (tertiary/aromatic N) is 2. The second kappa shape index (κ2) is 9.58. The molecule has 0 radical (unpaired) electrons. The molecule has 0 bridgehead atoms. The molecule has 190 valence electrons. The molecule has 1 aliphatic carbocycles. The number of guanidine groups is 1. The second-order valence-electron chi connectivity index (χ2n) is 10.2. The van der Waals surface area contributed by atoms with Gasteiger partial charge in [-0.1, -0.05) is 31.2 Å². The third-order valence-electron chi connectivity index (χ3n) is 7.78. The highest BCUT2D eigenvalue weighted by molar-refractivity contribution is 6.00. The number of benzene rings is 2. The summed E-state index contributed by atoms with van der Waals surface area (Å²) in [6, 6.07) is 13.2. The minimum atomic E-state index is -0.512. The number of hydrogen-bond acceptors (Lipinski definition) is 6. The smallest absolute Gasteiger partial charge is 0.251 e. The van der Waals surface area contributed by atoms with Crippen molar-refractivity contribution in [3.8, 4) is 5.75 Å². The molecule has 4 atom stereocenters. The third kappa shape index (κ3) is 4.34.